The van der Waals surface area contributed by atoms with Gasteiger partial charge in [-0.15, -0.1) is 11.3 Å². The van der Waals surface area contributed by atoms with Crippen molar-refractivity contribution in [1.82, 2.24) is 10.3 Å². The highest BCUT2D eigenvalue weighted by atomic mass is 32.2. The van der Waals surface area contributed by atoms with Crippen molar-refractivity contribution in [1.29, 1.82) is 0 Å². The van der Waals surface area contributed by atoms with Crippen molar-refractivity contribution < 1.29 is 8.42 Å². The zero-order valence-corrected chi connectivity index (χ0v) is 12.5. The molecule has 0 spiro atoms. The van der Waals surface area contributed by atoms with E-state index in [1.807, 2.05) is 13.1 Å². The van der Waals surface area contributed by atoms with Gasteiger partial charge in [-0.05, 0) is 26.2 Å². The molecule has 0 amide bonds. The number of aryl methyl sites for hydroxylation is 1. The second-order valence-electron chi connectivity index (χ2n) is 5.06. The Balaban J connectivity index is 1.86. The van der Waals surface area contributed by atoms with Gasteiger partial charge in [0.05, 0.1) is 5.25 Å². The van der Waals surface area contributed by atoms with Gasteiger partial charge in [-0.3, -0.25) is 0 Å². The fourth-order valence-corrected chi connectivity index (χ4v) is 4.35. The van der Waals surface area contributed by atoms with Crippen LogP contribution >= 0.6 is 11.3 Å². The molecule has 0 aliphatic heterocycles. The number of hydrogen-bond donors (Lipinski definition) is 1. The zero-order valence-electron chi connectivity index (χ0n) is 10.8. The van der Waals surface area contributed by atoms with Crippen molar-refractivity contribution in [2.75, 3.05) is 6.26 Å². The first kappa shape index (κ1) is 14.0. The smallest absolute Gasteiger partial charge is 0.150 e. The summed E-state index contributed by atoms with van der Waals surface area (Å²) in [6.45, 7) is 2.79. The molecule has 2 atom stereocenters. The fraction of sp³-hybridized carbons (Fsp3) is 0.750. The number of aromatic nitrogens is 1. The van der Waals surface area contributed by atoms with E-state index in [0.29, 0.717) is 6.04 Å². The summed E-state index contributed by atoms with van der Waals surface area (Å²) in [5, 5.41) is 4.35. The molecule has 0 saturated heterocycles. The van der Waals surface area contributed by atoms with Crippen LogP contribution in [0.1, 0.15) is 35.6 Å². The molecular weight excluding hydrogens is 268 g/mol. The molecule has 1 N–H and O–H groups in total. The van der Waals surface area contributed by atoms with Gasteiger partial charge in [-0.1, -0.05) is 6.42 Å². The minimum absolute atomic E-state index is 0.165. The van der Waals surface area contributed by atoms with Crippen molar-refractivity contribution in [2.24, 2.45) is 0 Å². The molecule has 0 radical (unpaired) electrons. The quantitative estimate of drug-likeness (QED) is 0.919. The first-order valence-corrected chi connectivity index (χ1v) is 9.06. The normalized spacial score (nSPS) is 25.2. The van der Waals surface area contributed by atoms with E-state index in [1.165, 1.54) is 11.1 Å². The third-order valence-corrected chi connectivity index (χ3v) is 5.99. The molecule has 0 unspecified atom stereocenters. The summed E-state index contributed by atoms with van der Waals surface area (Å²) in [4.78, 5) is 5.52. The van der Waals surface area contributed by atoms with Gasteiger partial charge in [-0.2, -0.15) is 0 Å². The number of nitrogens with one attached hydrogen (secondary N) is 1. The van der Waals surface area contributed by atoms with Crippen LogP contribution in [0.2, 0.25) is 0 Å². The molecule has 1 fully saturated rings. The Morgan fingerprint density at radius 2 is 2.28 bits per heavy atom. The summed E-state index contributed by atoms with van der Waals surface area (Å²) >= 11 is 1.69. The van der Waals surface area contributed by atoms with E-state index in [1.54, 1.807) is 11.3 Å². The van der Waals surface area contributed by atoms with Gasteiger partial charge in [0.15, 0.2) is 0 Å². The summed E-state index contributed by atoms with van der Waals surface area (Å²) in [6, 6.07) is 0.308. The second kappa shape index (κ2) is 5.67. The second-order valence-corrected chi connectivity index (χ2v) is 8.71. The van der Waals surface area contributed by atoms with E-state index in [-0.39, 0.29) is 5.25 Å². The van der Waals surface area contributed by atoms with Crippen molar-refractivity contribution in [2.45, 2.75) is 50.4 Å². The van der Waals surface area contributed by atoms with Crippen LogP contribution in [0.25, 0.3) is 0 Å². The van der Waals surface area contributed by atoms with Crippen molar-refractivity contribution in [3.63, 3.8) is 0 Å². The van der Waals surface area contributed by atoms with Crippen LogP contribution in [0, 0.1) is 6.92 Å². The fourth-order valence-electron chi connectivity index (χ4n) is 2.43. The molecule has 0 bridgehead atoms. The van der Waals surface area contributed by atoms with Crippen molar-refractivity contribution in [3.8, 4) is 0 Å². The molecule has 1 aliphatic carbocycles. The van der Waals surface area contributed by atoms with Gasteiger partial charge >= 0.3 is 0 Å². The molecule has 1 aromatic heterocycles. The number of sulfone groups is 1. The summed E-state index contributed by atoms with van der Waals surface area (Å²) in [5.74, 6) is 0. The van der Waals surface area contributed by atoms with Crippen molar-refractivity contribution >= 4 is 21.2 Å². The molecule has 4 nitrogen and oxygen atoms in total. The first-order valence-electron chi connectivity index (χ1n) is 6.28. The highest BCUT2D eigenvalue weighted by Gasteiger charge is 2.28. The average Bonchev–Trinajstić information content (AvgIpc) is 2.72. The van der Waals surface area contributed by atoms with E-state index in [4.69, 9.17) is 0 Å². The van der Waals surface area contributed by atoms with Gasteiger partial charge in [-0.25, -0.2) is 13.4 Å². The number of nitrogens with zero attached hydrogens (tertiary/aromatic N) is 1. The predicted molar refractivity (Wildman–Crippen MR) is 74.6 cm³/mol. The van der Waals surface area contributed by atoms with Crippen LogP contribution in [-0.4, -0.2) is 30.9 Å². The Labute approximate surface area is 113 Å². The SMILES string of the molecule is Cc1cnc(CN[C@H]2CCC[C@@H](S(C)(=O)=O)C2)s1. The van der Waals surface area contributed by atoms with Crippen molar-refractivity contribution in [3.05, 3.63) is 16.1 Å². The lowest BCUT2D eigenvalue weighted by atomic mass is 9.95. The maximum absolute atomic E-state index is 11.6. The highest BCUT2D eigenvalue weighted by Crippen LogP contribution is 2.24. The molecule has 1 aromatic rings. The summed E-state index contributed by atoms with van der Waals surface area (Å²) in [6.07, 6.45) is 6.84. The van der Waals surface area contributed by atoms with E-state index in [2.05, 4.69) is 10.3 Å². The zero-order chi connectivity index (χ0) is 13.2. The Morgan fingerprint density at radius 3 is 2.89 bits per heavy atom. The van der Waals surface area contributed by atoms with E-state index in [9.17, 15) is 8.42 Å². The summed E-state index contributed by atoms with van der Waals surface area (Å²) in [7, 11) is -2.89. The minimum Gasteiger partial charge on any atom is -0.308 e. The van der Waals surface area contributed by atoms with Crippen LogP contribution in [0.5, 0.6) is 0 Å². The molecule has 6 heteroatoms. The van der Waals surface area contributed by atoms with Gasteiger partial charge in [0.2, 0.25) is 0 Å². The van der Waals surface area contributed by atoms with Crippen LogP contribution in [-0.2, 0) is 16.4 Å². The Hall–Kier alpha value is -0.460. The number of thiazole rings is 1. The molecule has 1 saturated carbocycles. The summed E-state index contributed by atoms with van der Waals surface area (Å²) in [5.41, 5.74) is 0. The maximum atomic E-state index is 11.6. The van der Waals surface area contributed by atoms with Gasteiger partial charge in [0.25, 0.3) is 0 Å². The lowest BCUT2D eigenvalue weighted by Crippen LogP contribution is -2.38. The van der Waals surface area contributed by atoms with Gasteiger partial charge < -0.3 is 5.32 Å². The molecule has 102 valence electrons. The van der Waals surface area contributed by atoms with E-state index in [0.717, 1.165) is 37.2 Å². The van der Waals surface area contributed by atoms with Crippen LogP contribution < -0.4 is 5.32 Å². The molecular formula is C12H20N2O2S2. The Kier molecular flexibility index (Phi) is 4.40. The van der Waals surface area contributed by atoms with Crippen LogP contribution in [0.15, 0.2) is 6.20 Å². The largest absolute Gasteiger partial charge is 0.308 e. The lowest BCUT2D eigenvalue weighted by Gasteiger charge is -2.28. The molecule has 0 aromatic carbocycles. The molecule has 18 heavy (non-hydrogen) atoms. The van der Waals surface area contributed by atoms with Gasteiger partial charge in [0, 0.05) is 29.9 Å². The number of rotatable bonds is 4. The van der Waals surface area contributed by atoms with E-state index < -0.39 is 9.84 Å². The van der Waals surface area contributed by atoms with Crippen LogP contribution in [0.3, 0.4) is 0 Å². The third-order valence-electron chi connectivity index (χ3n) is 3.44. The third kappa shape index (κ3) is 3.76. The van der Waals surface area contributed by atoms with Gasteiger partial charge in [0.1, 0.15) is 14.8 Å². The lowest BCUT2D eigenvalue weighted by molar-refractivity contribution is 0.371. The Morgan fingerprint density at radius 1 is 1.50 bits per heavy atom. The maximum Gasteiger partial charge on any atom is 0.150 e. The predicted octanol–water partition coefficient (Wildman–Crippen LogP) is 1.90. The molecule has 1 heterocycles. The first-order chi connectivity index (χ1) is 8.45. The Bertz CT molecular complexity index is 496. The minimum atomic E-state index is -2.89. The monoisotopic (exact) mass is 288 g/mol. The highest BCUT2D eigenvalue weighted by molar-refractivity contribution is 7.91. The molecule has 2 rings (SSSR count). The average molecular weight is 288 g/mol. The van der Waals surface area contributed by atoms with Crippen LogP contribution in [0.4, 0.5) is 0 Å². The topological polar surface area (TPSA) is 59.1 Å². The standard InChI is InChI=1S/C12H20N2O2S2/c1-9-7-14-12(17-9)8-13-10-4-3-5-11(6-10)18(2,15)16/h7,10-11,13H,3-6,8H2,1-2H3/t10-,11+/m0/s1. The number of hydrogen-bond acceptors (Lipinski definition) is 5. The summed E-state index contributed by atoms with van der Waals surface area (Å²) < 4.78 is 23.1. The molecule has 1 aliphatic rings. The van der Waals surface area contributed by atoms with E-state index >= 15 is 0 Å².